The molecule has 2 aromatic rings. The number of halogens is 4. The highest BCUT2D eigenvalue weighted by Gasteiger charge is 2.37. The van der Waals surface area contributed by atoms with Crippen LogP contribution in [0.1, 0.15) is 24.7 Å². The largest absolute Gasteiger partial charge is 0.573 e. The summed E-state index contributed by atoms with van der Waals surface area (Å²) in [5.74, 6) is -0.291. The lowest BCUT2D eigenvalue weighted by Crippen LogP contribution is -2.35. The maximum absolute atomic E-state index is 12.4. The number of nitrogens with zero attached hydrogens (tertiary/aromatic N) is 3. The normalized spacial score (nSPS) is 22.1. The molecule has 2 heterocycles. The molecule has 1 amide bonds. The number of benzene rings is 1. The molecular weight excluding hydrogens is 411 g/mol. The molecule has 1 aliphatic carbocycles. The second-order valence-electron chi connectivity index (χ2n) is 6.73. The number of hydrogen-bond acceptors (Lipinski definition) is 5. The zero-order chi connectivity index (χ0) is 20.6. The molecule has 0 N–H and O–H groups in total. The summed E-state index contributed by atoms with van der Waals surface area (Å²) in [5.41, 5.74) is 0.318. The van der Waals surface area contributed by atoms with Gasteiger partial charge < -0.3 is 14.2 Å². The van der Waals surface area contributed by atoms with Gasteiger partial charge >= 0.3 is 6.36 Å². The van der Waals surface area contributed by atoms with Gasteiger partial charge in [-0.05, 0) is 24.6 Å². The average Bonchev–Trinajstić information content (AvgIpc) is 3.28. The zero-order valence-corrected chi connectivity index (χ0v) is 15.7. The first-order chi connectivity index (χ1) is 13.8. The number of alkyl halides is 3. The molecule has 1 saturated heterocycles. The van der Waals surface area contributed by atoms with Crippen LogP contribution in [0, 0.1) is 0 Å². The summed E-state index contributed by atoms with van der Waals surface area (Å²) >= 11 is 5.92. The van der Waals surface area contributed by atoms with E-state index >= 15 is 0 Å². The van der Waals surface area contributed by atoms with Crippen molar-refractivity contribution in [3.63, 3.8) is 0 Å². The molecule has 2 aliphatic rings. The molecule has 0 bridgehead atoms. The molecule has 2 unspecified atom stereocenters. The molecule has 4 rings (SSSR count). The van der Waals surface area contributed by atoms with Gasteiger partial charge in [0, 0.05) is 23.6 Å². The van der Waals surface area contributed by atoms with E-state index in [4.69, 9.17) is 16.1 Å². The van der Waals surface area contributed by atoms with Gasteiger partial charge in [0.05, 0.1) is 12.0 Å². The van der Waals surface area contributed by atoms with E-state index in [-0.39, 0.29) is 41.8 Å². The lowest BCUT2D eigenvalue weighted by Gasteiger charge is -2.26. The van der Waals surface area contributed by atoms with Crippen LogP contribution in [0.15, 0.2) is 52.0 Å². The molecule has 10 heteroatoms. The van der Waals surface area contributed by atoms with E-state index in [2.05, 4.69) is 14.9 Å². The molecule has 1 fully saturated rings. The van der Waals surface area contributed by atoms with Gasteiger partial charge in [-0.1, -0.05) is 41.0 Å². The van der Waals surface area contributed by atoms with Crippen molar-refractivity contribution in [2.24, 2.45) is 0 Å². The van der Waals surface area contributed by atoms with Crippen LogP contribution in [0.25, 0.3) is 11.4 Å². The Bertz CT molecular complexity index is 986. The molecule has 1 aliphatic heterocycles. The van der Waals surface area contributed by atoms with Gasteiger partial charge in [0.2, 0.25) is 17.6 Å². The Hall–Kier alpha value is -2.81. The van der Waals surface area contributed by atoms with E-state index in [9.17, 15) is 18.0 Å². The van der Waals surface area contributed by atoms with E-state index in [0.29, 0.717) is 23.6 Å². The third-order valence-electron chi connectivity index (χ3n) is 4.71. The van der Waals surface area contributed by atoms with Crippen molar-refractivity contribution in [1.29, 1.82) is 0 Å². The predicted octanol–water partition coefficient (Wildman–Crippen LogP) is 4.40. The first kappa shape index (κ1) is 19.5. The minimum absolute atomic E-state index is 0.0311. The summed E-state index contributed by atoms with van der Waals surface area (Å²) in [5, 5.41) is 4.49. The minimum Gasteiger partial charge on any atom is -0.406 e. The summed E-state index contributed by atoms with van der Waals surface area (Å²) in [6.07, 6.45) is 1.57. The second kappa shape index (κ2) is 7.55. The summed E-state index contributed by atoms with van der Waals surface area (Å²) < 4.78 is 46.4. The Labute approximate surface area is 168 Å². The predicted molar refractivity (Wildman–Crippen MR) is 97.0 cm³/mol. The highest BCUT2D eigenvalue weighted by Crippen LogP contribution is 2.33. The van der Waals surface area contributed by atoms with Crippen LogP contribution >= 0.6 is 11.6 Å². The highest BCUT2D eigenvalue weighted by molar-refractivity contribution is 6.31. The van der Waals surface area contributed by atoms with Gasteiger partial charge in [-0.3, -0.25) is 4.79 Å². The number of rotatable bonds is 4. The van der Waals surface area contributed by atoms with Gasteiger partial charge in [0.25, 0.3) is 0 Å². The maximum Gasteiger partial charge on any atom is 0.573 e. The Morgan fingerprint density at radius 2 is 2.14 bits per heavy atom. The van der Waals surface area contributed by atoms with Crippen molar-refractivity contribution in [2.45, 2.75) is 31.2 Å². The number of likely N-dealkylation sites (tertiary alicyclic amines) is 1. The van der Waals surface area contributed by atoms with E-state index in [1.54, 1.807) is 17.0 Å². The first-order valence-corrected chi connectivity index (χ1v) is 9.19. The fraction of sp³-hybridized carbons (Fsp3) is 0.316. The third kappa shape index (κ3) is 4.45. The number of amides is 1. The van der Waals surface area contributed by atoms with Crippen molar-refractivity contribution in [3.8, 4) is 17.1 Å². The molecule has 1 aromatic heterocycles. The minimum atomic E-state index is -4.79. The maximum atomic E-state index is 12.4. The Morgan fingerprint density at radius 1 is 1.31 bits per heavy atom. The topological polar surface area (TPSA) is 68.5 Å². The van der Waals surface area contributed by atoms with Gasteiger partial charge in [-0.25, -0.2) is 0 Å². The SMILES string of the molecule is O=C1CC(c2nc(-c3cccc(OC(F)(F)F)c3)no2)CN1C1C=CC(Cl)=CC1. The highest BCUT2D eigenvalue weighted by atomic mass is 35.5. The summed E-state index contributed by atoms with van der Waals surface area (Å²) in [7, 11) is 0. The molecule has 152 valence electrons. The number of carbonyl (C=O) groups is 1. The lowest BCUT2D eigenvalue weighted by atomic mass is 10.1. The van der Waals surface area contributed by atoms with Crippen LogP contribution in [0.3, 0.4) is 0 Å². The number of ether oxygens (including phenoxy) is 1. The van der Waals surface area contributed by atoms with E-state index in [1.807, 2.05) is 12.2 Å². The number of allylic oxidation sites excluding steroid dienone is 2. The standard InChI is InChI=1S/C19H15ClF3N3O3/c20-13-4-6-14(7-5-13)26-10-12(9-16(26)27)18-24-17(25-29-18)11-2-1-3-15(8-11)28-19(21,22)23/h1-6,8,12,14H,7,9-10H2. The van der Waals surface area contributed by atoms with Gasteiger partial charge in [0.1, 0.15) is 5.75 Å². The lowest BCUT2D eigenvalue weighted by molar-refractivity contribution is -0.274. The van der Waals surface area contributed by atoms with Gasteiger partial charge in [0.15, 0.2) is 0 Å². The van der Waals surface area contributed by atoms with Crippen molar-refractivity contribution in [3.05, 3.63) is 53.4 Å². The zero-order valence-electron chi connectivity index (χ0n) is 14.9. The number of aromatic nitrogens is 2. The molecule has 0 radical (unpaired) electrons. The fourth-order valence-electron chi connectivity index (χ4n) is 3.38. The van der Waals surface area contributed by atoms with Crippen LogP contribution in [0.5, 0.6) is 5.75 Å². The molecule has 0 saturated carbocycles. The molecule has 0 spiro atoms. The molecule has 6 nitrogen and oxygen atoms in total. The summed E-state index contributed by atoms with van der Waals surface area (Å²) in [6, 6.07) is 5.24. The summed E-state index contributed by atoms with van der Waals surface area (Å²) in [4.78, 5) is 18.4. The number of hydrogen-bond donors (Lipinski definition) is 0. The van der Waals surface area contributed by atoms with Crippen molar-refractivity contribution >= 4 is 17.5 Å². The molecule has 29 heavy (non-hydrogen) atoms. The van der Waals surface area contributed by atoms with Gasteiger partial charge in [-0.2, -0.15) is 4.98 Å². The van der Waals surface area contributed by atoms with Crippen molar-refractivity contribution < 1.29 is 27.2 Å². The van der Waals surface area contributed by atoms with Crippen LogP contribution in [-0.2, 0) is 4.79 Å². The van der Waals surface area contributed by atoms with Crippen LogP contribution < -0.4 is 4.74 Å². The number of carbonyl (C=O) groups excluding carboxylic acids is 1. The summed E-state index contributed by atoms with van der Waals surface area (Å²) in [6.45, 7) is 0.415. The van der Waals surface area contributed by atoms with Crippen LogP contribution in [0.4, 0.5) is 13.2 Å². The van der Waals surface area contributed by atoms with Gasteiger partial charge in [-0.15, -0.1) is 13.2 Å². The molecule has 1 aromatic carbocycles. The monoisotopic (exact) mass is 425 g/mol. The van der Waals surface area contributed by atoms with Crippen molar-refractivity contribution in [2.75, 3.05) is 6.54 Å². The Balaban J connectivity index is 1.48. The van der Waals surface area contributed by atoms with E-state index < -0.39 is 6.36 Å². The Morgan fingerprint density at radius 3 is 2.86 bits per heavy atom. The third-order valence-corrected chi connectivity index (χ3v) is 4.99. The fourth-order valence-corrected chi connectivity index (χ4v) is 3.54. The second-order valence-corrected chi connectivity index (χ2v) is 7.17. The van der Waals surface area contributed by atoms with E-state index in [1.165, 1.54) is 18.2 Å². The average molecular weight is 426 g/mol. The quantitative estimate of drug-likeness (QED) is 0.726. The van der Waals surface area contributed by atoms with Crippen LogP contribution in [-0.4, -0.2) is 39.9 Å². The first-order valence-electron chi connectivity index (χ1n) is 8.81. The molecule has 2 atom stereocenters. The Kier molecular flexibility index (Phi) is 5.08. The van der Waals surface area contributed by atoms with Crippen LogP contribution in [0.2, 0.25) is 0 Å². The van der Waals surface area contributed by atoms with Crippen molar-refractivity contribution in [1.82, 2.24) is 15.0 Å². The smallest absolute Gasteiger partial charge is 0.406 e. The molecular formula is C19H15ClF3N3O3. The van der Waals surface area contributed by atoms with E-state index in [0.717, 1.165) is 0 Å².